The number of piperidine rings is 1. The van der Waals surface area contributed by atoms with Gasteiger partial charge < -0.3 is 14.9 Å². The van der Waals surface area contributed by atoms with Gasteiger partial charge in [0.25, 0.3) is 0 Å². The monoisotopic (exact) mass is 268 g/mol. The number of nitrogens with zero attached hydrogens (tertiary/aromatic N) is 2. The average molecular weight is 268 g/mol. The highest BCUT2D eigenvalue weighted by Crippen LogP contribution is 2.24. The van der Waals surface area contributed by atoms with Crippen LogP contribution in [0.1, 0.15) is 39.0 Å². The van der Waals surface area contributed by atoms with Gasteiger partial charge in [-0.3, -0.25) is 9.59 Å². The zero-order valence-corrected chi connectivity index (χ0v) is 11.2. The molecule has 2 rings (SSSR count). The van der Waals surface area contributed by atoms with Gasteiger partial charge in [-0.2, -0.15) is 0 Å². The predicted molar refractivity (Wildman–Crippen MR) is 67.4 cm³/mol. The van der Waals surface area contributed by atoms with Crippen molar-refractivity contribution in [3.8, 4) is 0 Å². The van der Waals surface area contributed by atoms with E-state index < -0.39 is 18.1 Å². The molecule has 0 aliphatic carbocycles. The van der Waals surface area contributed by atoms with Crippen LogP contribution in [0.3, 0.4) is 0 Å². The second kappa shape index (κ2) is 5.59. The Morgan fingerprint density at radius 1 is 0.947 bits per heavy atom. The van der Waals surface area contributed by atoms with Crippen LogP contribution in [-0.2, 0) is 14.4 Å². The Bertz CT molecular complexity index is 396. The number of likely N-dealkylation sites (tertiary alicyclic amines) is 2. The second-order valence-electron chi connectivity index (χ2n) is 5.25. The molecular formula is C13H20N2O4. The number of rotatable bonds is 2. The summed E-state index contributed by atoms with van der Waals surface area (Å²) in [7, 11) is 0. The van der Waals surface area contributed by atoms with Gasteiger partial charge in [-0.1, -0.05) is 0 Å². The van der Waals surface area contributed by atoms with E-state index in [0.29, 0.717) is 25.9 Å². The van der Waals surface area contributed by atoms with E-state index in [1.807, 2.05) is 0 Å². The fourth-order valence-electron chi connectivity index (χ4n) is 3.04. The summed E-state index contributed by atoms with van der Waals surface area (Å²) in [6.07, 6.45) is 3.63. The van der Waals surface area contributed by atoms with E-state index in [9.17, 15) is 19.5 Å². The topological polar surface area (TPSA) is 77.9 Å². The quantitative estimate of drug-likeness (QED) is 0.789. The van der Waals surface area contributed by atoms with Crippen LogP contribution >= 0.6 is 0 Å². The molecule has 2 aliphatic heterocycles. The fourth-order valence-corrected chi connectivity index (χ4v) is 3.04. The maximum absolute atomic E-state index is 12.5. The smallest absolute Gasteiger partial charge is 0.326 e. The van der Waals surface area contributed by atoms with Crippen LogP contribution in [0.15, 0.2) is 0 Å². The molecule has 106 valence electrons. The van der Waals surface area contributed by atoms with E-state index in [2.05, 4.69) is 0 Å². The average Bonchev–Trinajstić information content (AvgIpc) is 2.87. The first-order chi connectivity index (χ1) is 9.02. The normalized spacial score (nSPS) is 27.4. The molecule has 2 saturated heterocycles. The molecule has 19 heavy (non-hydrogen) atoms. The second-order valence-corrected chi connectivity index (χ2v) is 5.25. The lowest BCUT2D eigenvalue weighted by molar-refractivity contribution is -0.155. The summed E-state index contributed by atoms with van der Waals surface area (Å²) in [4.78, 5) is 38.2. The van der Waals surface area contributed by atoms with Crippen molar-refractivity contribution in [1.82, 2.24) is 9.80 Å². The third-order valence-electron chi connectivity index (χ3n) is 4.01. The summed E-state index contributed by atoms with van der Waals surface area (Å²) < 4.78 is 0. The van der Waals surface area contributed by atoms with Crippen molar-refractivity contribution < 1.29 is 19.5 Å². The molecule has 0 aromatic carbocycles. The maximum Gasteiger partial charge on any atom is 0.326 e. The highest BCUT2D eigenvalue weighted by atomic mass is 16.4. The van der Waals surface area contributed by atoms with E-state index in [1.165, 1.54) is 11.8 Å². The summed E-state index contributed by atoms with van der Waals surface area (Å²) in [5.74, 6) is -1.25. The number of carboxylic acid groups (broad SMARTS) is 1. The van der Waals surface area contributed by atoms with E-state index in [1.54, 1.807) is 4.90 Å². The summed E-state index contributed by atoms with van der Waals surface area (Å²) in [5, 5.41) is 9.20. The van der Waals surface area contributed by atoms with Crippen LogP contribution in [0.4, 0.5) is 0 Å². The summed E-state index contributed by atoms with van der Waals surface area (Å²) >= 11 is 0. The standard InChI is InChI=1S/C13H20N2O4/c1-9(16)14-8-4-6-10(14)12(17)15-7-3-2-5-11(15)13(18)19/h10-11H,2-8H2,1H3,(H,18,19)/t10-,11+/m1/s1. The Morgan fingerprint density at radius 2 is 1.58 bits per heavy atom. The first kappa shape index (κ1) is 13.8. The third-order valence-corrected chi connectivity index (χ3v) is 4.01. The minimum absolute atomic E-state index is 0.111. The molecule has 2 fully saturated rings. The first-order valence-electron chi connectivity index (χ1n) is 6.83. The van der Waals surface area contributed by atoms with Gasteiger partial charge in [-0.25, -0.2) is 4.79 Å². The van der Waals surface area contributed by atoms with Crippen molar-refractivity contribution in [2.24, 2.45) is 0 Å². The zero-order valence-electron chi connectivity index (χ0n) is 11.2. The van der Waals surface area contributed by atoms with Crippen molar-refractivity contribution in [3.05, 3.63) is 0 Å². The van der Waals surface area contributed by atoms with Gasteiger partial charge in [0, 0.05) is 20.0 Å². The van der Waals surface area contributed by atoms with Crippen molar-refractivity contribution in [3.63, 3.8) is 0 Å². The molecule has 2 heterocycles. The lowest BCUT2D eigenvalue weighted by Crippen LogP contribution is -2.54. The Balaban J connectivity index is 2.13. The molecule has 0 bridgehead atoms. The molecule has 0 aromatic heterocycles. The molecule has 0 spiro atoms. The molecule has 0 saturated carbocycles. The Labute approximate surface area is 112 Å². The number of hydrogen-bond acceptors (Lipinski definition) is 3. The van der Waals surface area contributed by atoms with Gasteiger partial charge in [0.05, 0.1) is 0 Å². The van der Waals surface area contributed by atoms with Crippen LogP contribution in [0.25, 0.3) is 0 Å². The van der Waals surface area contributed by atoms with E-state index in [0.717, 1.165) is 19.3 Å². The number of carbonyl (C=O) groups excluding carboxylic acids is 2. The van der Waals surface area contributed by atoms with Gasteiger partial charge >= 0.3 is 5.97 Å². The predicted octanol–water partition coefficient (Wildman–Crippen LogP) is 0.463. The molecule has 0 aromatic rings. The number of amides is 2. The number of carboxylic acids is 1. The molecule has 0 unspecified atom stereocenters. The van der Waals surface area contributed by atoms with Crippen LogP contribution in [0.2, 0.25) is 0 Å². The summed E-state index contributed by atoms with van der Waals surface area (Å²) in [5.41, 5.74) is 0. The lowest BCUT2D eigenvalue weighted by atomic mass is 10.0. The van der Waals surface area contributed by atoms with Crippen LogP contribution in [0.5, 0.6) is 0 Å². The largest absolute Gasteiger partial charge is 0.480 e. The summed E-state index contributed by atoms with van der Waals surface area (Å²) in [6.45, 7) is 2.53. The molecule has 6 heteroatoms. The van der Waals surface area contributed by atoms with E-state index in [-0.39, 0.29) is 11.8 Å². The Morgan fingerprint density at radius 3 is 2.21 bits per heavy atom. The Kier molecular flexibility index (Phi) is 4.07. The van der Waals surface area contributed by atoms with E-state index >= 15 is 0 Å². The van der Waals surface area contributed by atoms with Crippen LogP contribution in [0, 0.1) is 0 Å². The van der Waals surface area contributed by atoms with Crippen molar-refractivity contribution in [2.75, 3.05) is 13.1 Å². The van der Waals surface area contributed by atoms with Crippen molar-refractivity contribution in [2.45, 2.75) is 51.1 Å². The SMILES string of the molecule is CC(=O)N1CCC[C@@H]1C(=O)N1CCCC[C@H]1C(=O)O. The van der Waals surface area contributed by atoms with E-state index in [4.69, 9.17) is 0 Å². The van der Waals surface area contributed by atoms with Crippen LogP contribution in [-0.4, -0.2) is 57.9 Å². The minimum atomic E-state index is -0.944. The molecule has 0 radical (unpaired) electrons. The molecule has 1 N–H and O–H groups in total. The molecule has 6 nitrogen and oxygen atoms in total. The summed E-state index contributed by atoms with van der Waals surface area (Å²) in [6, 6.07) is -1.19. The number of hydrogen-bond donors (Lipinski definition) is 1. The Hall–Kier alpha value is -1.59. The minimum Gasteiger partial charge on any atom is -0.480 e. The number of carbonyl (C=O) groups is 3. The number of aliphatic carboxylic acids is 1. The first-order valence-corrected chi connectivity index (χ1v) is 6.83. The molecular weight excluding hydrogens is 248 g/mol. The van der Waals surface area contributed by atoms with Gasteiger partial charge in [0.15, 0.2) is 0 Å². The zero-order chi connectivity index (χ0) is 14.0. The van der Waals surface area contributed by atoms with Gasteiger partial charge in [-0.05, 0) is 32.1 Å². The maximum atomic E-state index is 12.5. The van der Waals surface area contributed by atoms with Gasteiger partial charge in [0.1, 0.15) is 12.1 Å². The third kappa shape index (κ3) is 2.72. The molecule has 2 amide bonds. The van der Waals surface area contributed by atoms with Crippen molar-refractivity contribution in [1.29, 1.82) is 0 Å². The highest BCUT2D eigenvalue weighted by molar-refractivity contribution is 5.90. The highest BCUT2D eigenvalue weighted by Gasteiger charge is 2.40. The van der Waals surface area contributed by atoms with Crippen LogP contribution < -0.4 is 0 Å². The lowest BCUT2D eigenvalue weighted by Gasteiger charge is -2.36. The van der Waals surface area contributed by atoms with Gasteiger partial charge in [0.2, 0.25) is 11.8 Å². The van der Waals surface area contributed by atoms with Crippen molar-refractivity contribution >= 4 is 17.8 Å². The van der Waals surface area contributed by atoms with Gasteiger partial charge in [-0.15, -0.1) is 0 Å². The fraction of sp³-hybridized carbons (Fsp3) is 0.769. The molecule has 2 atom stereocenters. The molecule has 2 aliphatic rings.